The van der Waals surface area contributed by atoms with E-state index in [9.17, 15) is 8.78 Å². The molecule has 2 rings (SSSR count). The lowest BCUT2D eigenvalue weighted by Gasteiger charge is -2.32. The third-order valence-corrected chi connectivity index (χ3v) is 3.83. The lowest BCUT2D eigenvalue weighted by atomic mass is 9.99. The van der Waals surface area contributed by atoms with E-state index in [2.05, 4.69) is 15.9 Å². The largest absolute Gasteiger partial charge is 0.493 e. The van der Waals surface area contributed by atoms with Crippen molar-refractivity contribution in [2.45, 2.75) is 19.3 Å². The summed E-state index contributed by atoms with van der Waals surface area (Å²) in [5.74, 6) is 1.17. The van der Waals surface area contributed by atoms with Crippen LogP contribution in [0.15, 0.2) is 28.7 Å². The number of halogens is 4. The maximum Gasteiger partial charge on any atom is 0.251 e. The Labute approximate surface area is 133 Å². The van der Waals surface area contributed by atoms with Crippen LogP contribution in [0, 0.1) is 5.92 Å². The Balaban J connectivity index is 0.00000200. The van der Waals surface area contributed by atoms with Gasteiger partial charge in [0.25, 0.3) is 6.43 Å². The molecule has 20 heavy (non-hydrogen) atoms. The van der Waals surface area contributed by atoms with Crippen LogP contribution in [0.3, 0.4) is 0 Å². The molecule has 0 aliphatic carbocycles. The predicted octanol–water partition coefficient (Wildman–Crippen LogP) is 4.23. The zero-order valence-corrected chi connectivity index (χ0v) is 13.5. The molecule has 0 aromatic heterocycles. The minimum Gasteiger partial charge on any atom is -0.493 e. The van der Waals surface area contributed by atoms with Crippen molar-refractivity contribution in [1.82, 2.24) is 4.90 Å². The number of alkyl halides is 2. The first-order valence-corrected chi connectivity index (χ1v) is 7.31. The van der Waals surface area contributed by atoms with E-state index in [0.717, 1.165) is 29.6 Å². The fourth-order valence-electron chi connectivity index (χ4n) is 2.39. The number of piperidine rings is 1. The fourth-order valence-corrected chi connectivity index (χ4v) is 2.66. The Bertz CT molecular complexity index is 391. The molecule has 0 saturated carbocycles. The zero-order chi connectivity index (χ0) is 13.7. The molecule has 1 aromatic carbocycles. The first kappa shape index (κ1) is 17.7. The fraction of sp³-hybridized carbons (Fsp3) is 0.571. The van der Waals surface area contributed by atoms with Gasteiger partial charge in [-0.1, -0.05) is 15.9 Å². The van der Waals surface area contributed by atoms with Crippen molar-refractivity contribution < 1.29 is 13.5 Å². The van der Waals surface area contributed by atoms with Crippen LogP contribution < -0.4 is 4.74 Å². The van der Waals surface area contributed by atoms with Gasteiger partial charge in [0, 0.05) is 16.9 Å². The Morgan fingerprint density at radius 3 is 2.65 bits per heavy atom. The molecule has 1 aromatic rings. The predicted molar refractivity (Wildman–Crippen MR) is 82.1 cm³/mol. The highest BCUT2D eigenvalue weighted by Crippen LogP contribution is 2.20. The molecule has 0 unspecified atom stereocenters. The Kier molecular flexibility index (Phi) is 7.77. The molecule has 1 saturated heterocycles. The average molecular weight is 371 g/mol. The summed E-state index contributed by atoms with van der Waals surface area (Å²) in [5, 5.41) is 0. The number of likely N-dealkylation sites (tertiary alicyclic amines) is 1. The van der Waals surface area contributed by atoms with Gasteiger partial charge in [0.2, 0.25) is 0 Å². The maximum atomic E-state index is 12.4. The third kappa shape index (κ3) is 5.94. The van der Waals surface area contributed by atoms with Gasteiger partial charge in [-0.25, -0.2) is 8.78 Å². The number of hydrogen-bond donors (Lipinski definition) is 0. The van der Waals surface area contributed by atoms with E-state index in [0.29, 0.717) is 19.1 Å². The van der Waals surface area contributed by atoms with Gasteiger partial charge in [-0.2, -0.15) is 0 Å². The molecule has 2 nitrogen and oxygen atoms in total. The third-order valence-electron chi connectivity index (χ3n) is 3.30. The smallest absolute Gasteiger partial charge is 0.251 e. The van der Waals surface area contributed by atoms with Crippen LogP contribution in [0.4, 0.5) is 8.78 Å². The summed E-state index contributed by atoms with van der Waals surface area (Å²) in [6.45, 7) is 1.97. The van der Waals surface area contributed by atoms with Crippen molar-refractivity contribution in [2.75, 3.05) is 26.2 Å². The monoisotopic (exact) mass is 369 g/mol. The molecule has 0 radical (unpaired) electrons. The van der Waals surface area contributed by atoms with Crippen molar-refractivity contribution in [1.29, 1.82) is 0 Å². The van der Waals surface area contributed by atoms with Gasteiger partial charge in [-0.05, 0) is 43.7 Å². The average Bonchev–Trinajstić information content (AvgIpc) is 2.38. The summed E-state index contributed by atoms with van der Waals surface area (Å²) in [6, 6.07) is 7.67. The number of benzene rings is 1. The van der Waals surface area contributed by atoms with E-state index in [1.807, 2.05) is 29.2 Å². The van der Waals surface area contributed by atoms with Crippen LogP contribution in [0.5, 0.6) is 5.75 Å². The molecule has 1 fully saturated rings. The van der Waals surface area contributed by atoms with Crippen molar-refractivity contribution in [3.63, 3.8) is 0 Å². The second-order valence-corrected chi connectivity index (χ2v) is 5.84. The summed E-state index contributed by atoms with van der Waals surface area (Å²) in [6.07, 6.45) is -0.219. The normalized spacial score (nSPS) is 19.7. The van der Waals surface area contributed by atoms with Gasteiger partial charge in [0.15, 0.2) is 0 Å². The number of ether oxygens (including phenoxy) is 1. The van der Waals surface area contributed by atoms with Crippen LogP contribution in [0.2, 0.25) is 0 Å². The quantitative estimate of drug-likeness (QED) is 0.769. The van der Waals surface area contributed by atoms with Crippen molar-refractivity contribution in [3.8, 4) is 5.75 Å². The summed E-state index contributed by atoms with van der Waals surface area (Å²) in [7, 11) is 0. The van der Waals surface area contributed by atoms with E-state index in [1.54, 1.807) is 0 Å². The van der Waals surface area contributed by atoms with E-state index in [4.69, 9.17) is 4.74 Å². The Morgan fingerprint density at radius 2 is 2.00 bits per heavy atom. The molecule has 1 heterocycles. The van der Waals surface area contributed by atoms with Crippen molar-refractivity contribution in [3.05, 3.63) is 28.7 Å². The minimum atomic E-state index is -2.24. The standard InChI is InChI=1S/C14H18BrF2NO.ClH/c15-12-3-5-13(6-4-12)19-10-11-2-1-7-18(8-11)9-14(16)17;/h3-6,11,14H,1-2,7-10H2;1H/t11-;/m0./s1. The topological polar surface area (TPSA) is 12.5 Å². The van der Waals surface area contributed by atoms with E-state index in [1.165, 1.54) is 0 Å². The van der Waals surface area contributed by atoms with Crippen LogP contribution in [-0.4, -0.2) is 37.6 Å². The molecule has 1 aliphatic rings. The highest BCUT2D eigenvalue weighted by atomic mass is 79.9. The van der Waals surface area contributed by atoms with E-state index < -0.39 is 6.43 Å². The van der Waals surface area contributed by atoms with Crippen molar-refractivity contribution in [2.24, 2.45) is 5.92 Å². The molecule has 0 spiro atoms. The number of rotatable bonds is 5. The van der Waals surface area contributed by atoms with Gasteiger partial charge in [-0.15, -0.1) is 12.4 Å². The summed E-state index contributed by atoms with van der Waals surface area (Å²) in [4.78, 5) is 1.84. The summed E-state index contributed by atoms with van der Waals surface area (Å²) < 4.78 is 31.4. The lowest BCUT2D eigenvalue weighted by molar-refractivity contribution is 0.0552. The molecular formula is C14H19BrClF2NO. The van der Waals surface area contributed by atoms with E-state index in [-0.39, 0.29) is 19.0 Å². The van der Waals surface area contributed by atoms with Gasteiger partial charge in [-0.3, -0.25) is 4.90 Å². The van der Waals surface area contributed by atoms with Crippen LogP contribution in [-0.2, 0) is 0 Å². The van der Waals surface area contributed by atoms with E-state index >= 15 is 0 Å². The second-order valence-electron chi connectivity index (χ2n) is 4.92. The van der Waals surface area contributed by atoms with Gasteiger partial charge in [0.1, 0.15) is 5.75 Å². The second kappa shape index (κ2) is 8.80. The molecule has 0 bridgehead atoms. The molecule has 1 aliphatic heterocycles. The number of nitrogens with zero attached hydrogens (tertiary/aromatic N) is 1. The first-order valence-electron chi connectivity index (χ1n) is 6.52. The Morgan fingerprint density at radius 1 is 1.30 bits per heavy atom. The van der Waals surface area contributed by atoms with Crippen molar-refractivity contribution >= 4 is 28.3 Å². The molecule has 114 valence electrons. The zero-order valence-electron chi connectivity index (χ0n) is 11.1. The van der Waals surface area contributed by atoms with Crippen LogP contribution in [0.1, 0.15) is 12.8 Å². The number of hydrogen-bond acceptors (Lipinski definition) is 2. The molecule has 1 atom stereocenters. The minimum absolute atomic E-state index is 0. The SMILES string of the molecule is Cl.FC(F)CN1CCC[C@H](COc2ccc(Br)cc2)C1. The summed E-state index contributed by atoms with van der Waals surface area (Å²) in [5.41, 5.74) is 0. The highest BCUT2D eigenvalue weighted by Gasteiger charge is 2.22. The van der Waals surface area contributed by atoms with Gasteiger partial charge in [0.05, 0.1) is 13.2 Å². The van der Waals surface area contributed by atoms with Gasteiger partial charge < -0.3 is 4.74 Å². The molecule has 0 N–H and O–H groups in total. The van der Waals surface area contributed by atoms with Gasteiger partial charge >= 0.3 is 0 Å². The lowest BCUT2D eigenvalue weighted by Crippen LogP contribution is -2.40. The molecular weight excluding hydrogens is 352 g/mol. The van der Waals surface area contributed by atoms with Crippen LogP contribution >= 0.6 is 28.3 Å². The Hall–Kier alpha value is -0.390. The summed E-state index contributed by atoms with van der Waals surface area (Å²) >= 11 is 3.37. The maximum absolute atomic E-state index is 12.4. The van der Waals surface area contributed by atoms with Crippen LogP contribution in [0.25, 0.3) is 0 Å². The highest BCUT2D eigenvalue weighted by molar-refractivity contribution is 9.10. The molecule has 6 heteroatoms. The first-order chi connectivity index (χ1) is 9.13. The molecule has 0 amide bonds.